The Bertz CT molecular complexity index is 411. The van der Waals surface area contributed by atoms with E-state index in [4.69, 9.17) is 10.00 Å². The number of nitriles is 1. The van der Waals surface area contributed by atoms with Gasteiger partial charge in [0.25, 0.3) is 5.91 Å². The molecule has 84 valence electrons. The maximum Gasteiger partial charge on any atom is 0.255 e. The minimum absolute atomic E-state index is 0.0387. The summed E-state index contributed by atoms with van der Waals surface area (Å²) in [5.41, 5.74) is 0.952. The Balaban J connectivity index is 2.08. The van der Waals surface area contributed by atoms with Crippen LogP contribution in [0.1, 0.15) is 22.5 Å². The van der Waals surface area contributed by atoms with Crippen molar-refractivity contribution in [2.75, 3.05) is 26.3 Å². The molecular weight excluding hydrogens is 206 g/mol. The van der Waals surface area contributed by atoms with E-state index >= 15 is 0 Å². The van der Waals surface area contributed by atoms with Crippen LogP contribution >= 0.6 is 0 Å². The number of hydrogen-bond acceptors (Lipinski definition) is 3. The predicted molar refractivity (Wildman–Crippen MR) is 56.8 cm³/mol. The van der Waals surface area contributed by atoms with E-state index in [1.807, 2.05) is 6.07 Å². The molecule has 0 aromatic carbocycles. The Hall–Kier alpha value is -1.80. The van der Waals surface area contributed by atoms with Crippen molar-refractivity contribution in [2.24, 2.45) is 0 Å². The Morgan fingerprint density at radius 3 is 3.12 bits per heavy atom. The first-order valence-corrected chi connectivity index (χ1v) is 5.27. The third-order valence-electron chi connectivity index (χ3n) is 2.56. The molecule has 2 rings (SSSR count). The fourth-order valence-electron chi connectivity index (χ4n) is 1.71. The van der Waals surface area contributed by atoms with E-state index in [2.05, 4.69) is 4.98 Å². The zero-order valence-electron chi connectivity index (χ0n) is 8.90. The summed E-state index contributed by atoms with van der Waals surface area (Å²) in [6, 6.07) is 3.54. The molecule has 5 nitrogen and oxygen atoms in total. The van der Waals surface area contributed by atoms with Crippen LogP contribution in [0.5, 0.6) is 0 Å². The van der Waals surface area contributed by atoms with Crippen molar-refractivity contribution in [1.29, 1.82) is 5.26 Å². The minimum atomic E-state index is -0.0387. The fourth-order valence-corrected chi connectivity index (χ4v) is 1.71. The Morgan fingerprint density at radius 2 is 2.38 bits per heavy atom. The van der Waals surface area contributed by atoms with Crippen molar-refractivity contribution < 1.29 is 9.53 Å². The number of carbonyl (C=O) groups is 1. The molecule has 0 unspecified atom stereocenters. The molecule has 0 aliphatic carbocycles. The molecule has 1 N–H and O–H groups in total. The summed E-state index contributed by atoms with van der Waals surface area (Å²) in [6.45, 7) is 2.62. The van der Waals surface area contributed by atoms with Crippen molar-refractivity contribution >= 4 is 5.91 Å². The van der Waals surface area contributed by atoms with Crippen LogP contribution in [-0.4, -0.2) is 42.1 Å². The molecule has 1 fully saturated rings. The van der Waals surface area contributed by atoms with Gasteiger partial charge in [0.2, 0.25) is 0 Å². The van der Waals surface area contributed by atoms with Crippen molar-refractivity contribution in [3.63, 3.8) is 0 Å². The van der Waals surface area contributed by atoms with E-state index in [0.29, 0.717) is 37.6 Å². The maximum absolute atomic E-state index is 12.0. The predicted octanol–water partition coefficient (Wildman–Crippen LogP) is 0.749. The highest BCUT2D eigenvalue weighted by atomic mass is 16.5. The van der Waals surface area contributed by atoms with Crippen LogP contribution in [0.15, 0.2) is 12.3 Å². The van der Waals surface area contributed by atoms with Crippen LogP contribution in [0.25, 0.3) is 0 Å². The van der Waals surface area contributed by atoms with Gasteiger partial charge in [-0.1, -0.05) is 0 Å². The smallest absolute Gasteiger partial charge is 0.255 e. The van der Waals surface area contributed by atoms with Gasteiger partial charge in [-0.3, -0.25) is 4.79 Å². The Kier molecular flexibility index (Phi) is 3.22. The Morgan fingerprint density at radius 1 is 1.50 bits per heavy atom. The molecular formula is C11H13N3O2. The average Bonchev–Trinajstić information content (AvgIpc) is 2.62. The summed E-state index contributed by atoms with van der Waals surface area (Å²) in [4.78, 5) is 16.5. The van der Waals surface area contributed by atoms with E-state index in [-0.39, 0.29) is 5.91 Å². The largest absolute Gasteiger partial charge is 0.380 e. The molecule has 1 aromatic rings. The lowest BCUT2D eigenvalue weighted by Crippen LogP contribution is -2.32. The topological polar surface area (TPSA) is 69.1 Å². The minimum Gasteiger partial charge on any atom is -0.380 e. The number of aromatic amines is 1. The maximum atomic E-state index is 12.0. The second-order valence-corrected chi connectivity index (χ2v) is 3.67. The number of hydrogen-bond donors (Lipinski definition) is 1. The second-order valence-electron chi connectivity index (χ2n) is 3.67. The van der Waals surface area contributed by atoms with Gasteiger partial charge >= 0.3 is 0 Å². The number of carbonyl (C=O) groups excluding carboxylic acids is 1. The Labute approximate surface area is 93.6 Å². The zero-order valence-corrected chi connectivity index (χ0v) is 8.90. The number of amides is 1. The third kappa shape index (κ3) is 2.23. The van der Waals surface area contributed by atoms with Crippen molar-refractivity contribution in [2.45, 2.75) is 6.42 Å². The van der Waals surface area contributed by atoms with Gasteiger partial charge in [0.1, 0.15) is 11.8 Å². The van der Waals surface area contributed by atoms with Crippen LogP contribution in [0, 0.1) is 11.3 Å². The molecule has 0 atom stereocenters. The SMILES string of the molecule is N#Cc1cc(C(=O)N2CCCOCC2)c[nH]1. The number of H-pyrrole nitrogens is 1. The van der Waals surface area contributed by atoms with Crippen molar-refractivity contribution in [3.8, 4) is 6.07 Å². The molecule has 0 spiro atoms. The molecule has 0 radical (unpaired) electrons. The highest BCUT2D eigenvalue weighted by molar-refractivity contribution is 5.94. The average molecular weight is 219 g/mol. The monoisotopic (exact) mass is 219 g/mol. The van der Waals surface area contributed by atoms with Gasteiger partial charge in [-0.2, -0.15) is 5.26 Å². The number of aromatic nitrogens is 1. The quantitative estimate of drug-likeness (QED) is 0.757. The molecule has 2 heterocycles. The lowest BCUT2D eigenvalue weighted by Gasteiger charge is -2.18. The first-order chi connectivity index (χ1) is 7.81. The van der Waals surface area contributed by atoms with E-state index in [0.717, 1.165) is 6.42 Å². The molecule has 0 bridgehead atoms. The molecule has 0 saturated carbocycles. The second kappa shape index (κ2) is 4.81. The van der Waals surface area contributed by atoms with Gasteiger partial charge in [0, 0.05) is 25.9 Å². The summed E-state index contributed by atoms with van der Waals surface area (Å²) in [7, 11) is 0. The number of nitrogens with zero attached hydrogens (tertiary/aromatic N) is 2. The molecule has 5 heteroatoms. The van der Waals surface area contributed by atoms with E-state index in [9.17, 15) is 4.79 Å². The highest BCUT2D eigenvalue weighted by Crippen LogP contribution is 2.09. The lowest BCUT2D eigenvalue weighted by molar-refractivity contribution is 0.0741. The molecule has 1 amide bonds. The number of nitrogens with one attached hydrogen (secondary N) is 1. The van der Waals surface area contributed by atoms with Crippen LogP contribution < -0.4 is 0 Å². The first kappa shape index (κ1) is 10.7. The summed E-state index contributed by atoms with van der Waals surface area (Å²) in [6.07, 6.45) is 2.44. The van der Waals surface area contributed by atoms with Crippen LogP contribution in [-0.2, 0) is 4.74 Å². The molecule has 1 aromatic heterocycles. The van der Waals surface area contributed by atoms with Crippen molar-refractivity contribution in [3.05, 3.63) is 23.5 Å². The zero-order chi connectivity index (χ0) is 11.4. The van der Waals surface area contributed by atoms with Crippen LogP contribution in [0.3, 0.4) is 0 Å². The highest BCUT2D eigenvalue weighted by Gasteiger charge is 2.18. The van der Waals surface area contributed by atoms with Gasteiger partial charge in [-0.15, -0.1) is 0 Å². The van der Waals surface area contributed by atoms with Gasteiger partial charge in [-0.25, -0.2) is 0 Å². The lowest BCUT2D eigenvalue weighted by atomic mass is 10.2. The molecule has 1 saturated heterocycles. The summed E-state index contributed by atoms with van der Waals surface area (Å²) >= 11 is 0. The first-order valence-electron chi connectivity index (χ1n) is 5.27. The van der Waals surface area contributed by atoms with Gasteiger partial charge in [0.15, 0.2) is 0 Å². The molecule has 16 heavy (non-hydrogen) atoms. The van der Waals surface area contributed by atoms with Crippen molar-refractivity contribution in [1.82, 2.24) is 9.88 Å². The van der Waals surface area contributed by atoms with E-state index in [1.54, 1.807) is 17.2 Å². The van der Waals surface area contributed by atoms with Gasteiger partial charge in [0.05, 0.1) is 12.2 Å². The van der Waals surface area contributed by atoms with Crippen LogP contribution in [0.2, 0.25) is 0 Å². The summed E-state index contributed by atoms with van der Waals surface area (Å²) in [5.74, 6) is -0.0387. The number of rotatable bonds is 1. The molecule has 1 aliphatic heterocycles. The summed E-state index contributed by atoms with van der Waals surface area (Å²) in [5, 5.41) is 8.66. The van der Waals surface area contributed by atoms with Gasteiger partial charge in [-0.05, 0) is 12.5 Å². The van der Waals surface area contributed by atoms with Crippen LogP contribution in [0.4, 0.5) is 0 Å². The molecule has 1 aliphatic rings. The number of ether oxygens (including phenoxy) is 1. The van der Waals surface area contributed by atoms with E-state index in [1.165, 1.54) is 0 Å². The summed E-state index contributed by atoms with van der Waals surface area (Å²) < 4.78 is 5.28. The standard InChI is InChI=1S/C11H13N3O2/c12-7-10-6-9(8-13-10)11(15)14-2-1-4-16-5-3-14/h6,8,13H,1-5H2. The third-order valence-corrected chi connectivity index (χ3v) is 2.56. The van der Waals surface area contributed by atoms with Gasteiger partial charge < -0.3 is 14.6 Å². The normalized spacial score (nSPS) is 16.6. The van der Waals surface area contributed by atoms with E-state index < -0.39 is 0 Å². The fraction of sp³-hybridized carbons (Fsp3) is 0.455.